The molecule has 2 saturated heterocycles. The van der Waals surface area contributed by atoms with Crippen molar-refractivity contribution in [1.29, 1.82) is 0 Å². The van der Waals surface area contributed by atoms with Crippen LogP contribution in [0.5, 0.6) is 0 Å². The molecule has 0 amide bonds. The van der Waals surface area contributed by atoms with Crippen molar-refractivity contribution in [2.75, 3.05) is 45.9 Å². The molecule has 29 heavy (non-hydrogen) atoms. The fourth-order valence-corrected chi connectivity index (χ4v) is 4.50. The van der Waals surface area contributed by atoms with Crippen LogP contribution in [-0.2, 0) is 11.3 Å². The van der Waals surface area contributed by atoms with Crippen LogP contribution >= 0.6 is 11.6 Å². The van der Waals surface area contributed by atoms with Crippen molar-refractivity contribution in [3.05, 3.63) is 34.9 Å². The number of rotatable bonds is 7. The van der Waals surface area contributed by atoms with E-state index in [4.69, 9.17) is 21.3 Å². The molecule has 2 aliphatic heterocycles. The maximum absolute atomic E-state index is 6.32. The molecule has 2 aliphatic rings. The molecule has 1 N–H and O–H groups in total. The molecule has 5 nitrogen and oxygen atoms in total. The molecule has 162 valence electrons. The Hall–Kier alpha value is -1.30. The molecule has 3 rings (SSSR count). The summed E-state index contributed by atoms with van der Waals surface area (Å²) in [5.74, 6) is 1.76. The van der Waals surface area contributed by atoms with Crippen LogP contribution in [-0.4, -0.2) is 67.7 Å². The van der Waals surface area contributed by atoms with Gasteiger partial charge >= 0.3 is 0 Å². The summed E-state index contributed by atoms with van der Waals surface area (Å²) < 4.78 is 5.79. The number of hydrogen-bond acceptors (Lipinski definition) is 3. The summed E-state index contributed by atoms with van der Waals surface area (Å²) in [6, 6.07) is 8.19. The third kappa shape index (κ3) is 6.87. The van der Waals surface area contributed by atoms with Crippen LogP contribution in [0.3, 0.4) is 0 Å². The van der Waals surface area contributed by atoms with Crippen molar-refractivity contribution in [3.8, 4) is 0 Å². The summed E-state index contributed by atoms with van der Waals surface area (Å²) in [5, 5.41) is 4.37. The van der Waals surface area contributed by atoms with E-state index >= 15 is 0 Å². The SMILES string of the molecule is CCNC(=NCC1CCN(Cc2ccccc2Cl)CC1)N1CCC(OCC)CC1. The molecule has 0 bridgehead atoms. The smallest absolute Gasteiger partial charge is 0.193 e. The zero-order valence-corrected chi connectivity index (χ0v) is 18.8. The van der Waals surface area contributed by atoms with E-state index in [0.717, 1.165) is 76.2 Å². The lowest BCUT2D eigenvalue weighted by atomic mass is 9.96. The van der Waals surface area contributed by atoms with Crippen LogP contribution in [0.1, 0.15) is 45.1 Å². The average molecular weight is 421 g/mol. The number of guanidine groups is 1. The molecule has 2 heterocycles. The lowest BCUT2D eigenvalue weighted by Crippen LogP contribution is -2.47. The predicted octanol–water partition coefficient (Wildman–Crippen LogP) is 4.02. The highest BCUT2D eigenvalue weighted by Gasteiger charge is 2.23. The first-order valence-electron chi connectivity index (χ1n) is 11.3. The van der Waals surface area contributed by atoms with Gasteiger partial charge in [0.25, 0.3) is 0 Å². The Bertz CT molecular complexity index is 638. The highest BCUT2D eigenvalue weighted by Crippen LogP contribution is 2.22. The largest absolute Gasteiger partial charge is 0.378 e. The van der Waals surface area contributed by atoms with Gasteiger partial charge in [0.15, 0.2) is 5.96 Å². The first kappa shape index (κ1) is 22.4. The van der Waals surface area contributed by atoms with E-state index < -0.39 is 0 Å². The van der Waals surface area contributed by atoms with Crippen molar-refractivity contribution in [3.63, 3.8) is 0 Å². The fourth-order valence-electron chi connectivity index (χ4n) is 4.31. The maximum atomic E-state index is 6.32. The molecule has 2 fully saturated rings. The second kappa shape index (κ2) is 11.8. The minimum absolute atomic E-state index is 0.418. The normalized spacial score (nSPS) is 20.2. The zero-order chi connectivity index (χ0) is 20.5. The van der Waals surface area contributed by atoms with Crippen LogP contribution < -0.4 is 5.32 Å². The number of ether oxygens (including phenoxy) is 1. The number of benzene rings is 1. The van der Waals surface area contributed by atoms with Gasteiger partial charge in [-0.25, -0.2) is 0 Å². The van der Waals surface area contributed by atoms with Gasteiger partial charge in [-0.15, -0.1) is 0 Å². The lowest BCUT2D eigenvalue weighted by Gasteiger charge is -2.35. The molecule has 0 saturated carbocycles. The Morgan fingerprint density at radius 2 is 1.83 bits per heavy atom. The summed E-state index contributed by atoms with van der Waals surface area (Å²) >= 11 is 6.32. The van der Waals surface area contributed by atoms with Crippen molar-refractivity contribution in [2.24, 2.45) is 10.9 Å². The lowest BCUT2D eigenvalue weighted by molar-refractivity contribution is 0.0263. The molecule has 1 aromatic carbocycles. The number of halogens is 1. The molecule has 0 atom stereocenters. The van der Waals surface area contributed by atoms with E-state index in [0.29, 0.717) is 12.0 Å². The molecule has 1 aromatic rings. The Kier molecular flexibility index (Phi) is 9.09. The van der Waals surface area contributed by atoms with Crippen LogP contribution in [0.15, 0.2) is 29.3 Å². The molecule has 0 aromatic heterocycles. The summed E-state index contributed by atoms with van der Waals surface area (Å²) in [5.41, 5.74) is 1.23. The van der Waals surface area contributed by atoms with Gasteiger partial charge in [0.05, 0.1) is 6.10 Å². The van der Waals surface area contributed by atoms with Crippen LogP contribution in [0, 0.1) is 5.92 Å². The van der Waals surface area contributed by atoms with E-state index in [-0.39, 0.29) is 0 Å². The number of likely N-dealkylation sites (tertiary alicyclic amines) is 2. The van der Waals surface area contributed by atoms with Crippen molar-refractivity contribution in [1.82, 2.24) is 15.1 Å². The Morgan fingerprint density at radius 3 is 2.48 bits per heavy atom. The van der Waals surface area contributed by atoms with E-state index in [2.05, 4.69) is 41.1 Å². The van der Waals surface area contributed by atoms with Gasteiger partial charge in [-0.2, -0.15) is 0 Å². The van der Waals surface area contributed by atoms with Gasteiger partial charge in [0, 0.05) is 44.4 Å². The zero-order valence-electron chi connectivity index (χ0n) is 18.1. The Labute approximate surface area is 181 Å². The van der Waals surface area contributed by atoms with Crippen molar-refractivity contribution >= 4 is 17.6 Å². The minimum atomic E-state index is 0.418. The van der Waals surface area contributed by atoms with E-state index in [1.165, 1.54) is 18.4 Å². The highest BCUT2D eigenvalue weighted by atomic mass is 35.5. The van der Waals surface area contributed by atoms with E-state index in [9.17, 15) is 0 Å². The van der Waals surface area contributed by atoms with Gasteiger partial charge in [0.1, 0.15) is 0 Å². The van der Waals surface area contributed by atoms with Gasteiger partial charge in [-0.1, -0.05) is 29.8 Å². The third-order valence-electron chi connectivity index (χ3n) is 6.04. The first-order chi connectivity index (χ1) is 14.2. The van der Waals surface area contributed by atoms with Gasteiger partial charge in [-0.3, -0.25) is 9.89 Å². The summed E-state index contributed by atoms with van der Waals surface area (Å²) in [7, 11) is 0. The standard InChI is InChI=1S/C23H37ClN4O/c1-3-25-23(28-15-11-21(12-16-28)29-4-2)26-17-19-9-13-27(14-10-19)18-20-7-5-6-8-22(20)24/h5-8,19,21H,3-4,9-18H2,1-2H3,(H,25,26). The molecule has 0 aliphatic carbocycles. The van der Waals surface area contributed by atoms with Crippen LogP contribution in [0.2, 0.25) is 5.02 Å². The molecule has 0 spiro atoms. The second-order valence-electron chi connectivity index (χ2n) is 8.15. The number of piperidine rings is 2. The summed E-state index contributed by atoms with van der Waals surface area (Å²) in [4.78, 5) is 9.93. The van der Waals surface area contributed by atoms with Crippen molar-refractivity contribution in [2.45, 2.75) is 52.2 Å². The minimum Gasteiger partial charge on any atom is -0.378 e. The number of aliphatic imine (C=N–C) groups is 1. The van der Waals surface area contributed by atoms with Gasteiger partial charge in [0.2, 0.25) is 0 Å². The molecule has 0 unspecified atom stereocenters. The van der Waals surface area contributed by atoms with Gasteiger partial charge < -0.3 is 15.0 Å². The average Bonchev–Trinajstić information content (AvgIpc) is 2.75. The van der Waals surface area contributed by atoms with E-state index in [1.54, 1.807) is 0 Å². The van der Waals surface area contributed by atoms with Crippen molar-refractivity contribution < 1.29 is 4.74 Å². The Morgan fingerprint density at radius 1 is 1.10 bits per heavy atom. The van der Waals surface area contributed by atoms with Crippen LogP contribution in [0.4, 0.5) is 0 Å². The number of hydrogen-bond donors (Lipinski definition) is 1. The number of nitrogens with zero attached hydrogens (tertiary/aromatic N) is 3. The summed E-state index contributed by atoms with van der Waals surface area (Å²) in [6.45, 7) is 12.2. The quantitative estimate of drug-likeness (QED) is 0.534. The monoisotopic (exact) mass is 420 g/mol. The first-order valence-corrected chi connectivity index (χ1v) is 11.7. The highest BCUT2D eigenvalue weighted by molar-refractivity contribution is 6.31. The van der Waals surface area contributed by atoms with E-state index in [1.807, 2.05) is 12.1 Å². The van der Waals surface area contributed by atoms with Gasteiger partial charge in [-0.05, 0) is 70.2 Å². The molecular formula is C23H37ClN4O. The second-order valence-corrected chi connectivity index (χ2v) is 8.55. The van der Waals surface area contributed by atoms with Crippen LogP contribution in [0.25, 0.3) is 0 Å². The third-order valence-corrected chi connectivity index (χ3v) is 6.41. The Balaban J connectivity index is 1.45. The molecule has 0 radical (unpaired) electrons. The molecule has 6 heteroatoms. The summed E-state index contributed by atoms with van der Waals surface area (Å²) in [6.07, 6.45) is 5.03. The topological polar surface area (TPSA) is 40.1 Å². The number of nitrogens with one attached hydrogen (secondary N) is 1. The molecular weight excluding hydrogens is 384 g/mol. The fraction of sp³-hybridized carbons (Fsp3) is 0.696. The maximum Gasteiger partial charge on any atom is 0.193 e. The predicted molar refractivity (Wildman–Crippen MR) is 122 cm³/mol.